The van der Waals surface area contributed by atoms with Gasteiger partial charge in [-0.25, -0.2) is 4.98 Å². The molecule has 2 aromatic heterocycles. The summed E-state index contributed by atoms with van der Waals surface area (Å²) in [4.78, 5) is 20.5. The van der Waals surface area contributed by atoms with E-state index in [1.165, 1.54) is 0 Å². The summed E-state index contributed by atoms with van der Waals surface area (Å²) in [7, 11) is 0. The van der Waals surface area contributed by atoms with Gasteiger partial charge in [0.1, 0.15) is 11.6 Å². The summed E-state index contributed by atoms with van der Waals surface area (Å²) in [6.45, 7) is 3.66. The fourth-order valence-electron chi connectivity index (χ4n) is 2.56. The van der Waals surface area contributed by atoms with Crippen LogP contribution in [-0.2, 0) is 6.54 Å². The molecule has 128 valence electrons. The second-order valence-electron chi connectivity index (χ2n) is 5.37. The van der Waals surface area contributed by atoms with E-state index in [-0.39, 0.29) is 5.91 Å². The van der Waals surface area contributed by atoms with Crippen LogP contribution in [0.3, 0.4) is 0 Å². The first-order chi connectivity index (χ1) is 12.3. The van der Waals surface area contributed by atoms with Gasteiger partial charge in [0, 0.05) is 37.9 Å². The third-order valence-corrected chi connectivity index (χ3v) is 3.71. The van der Waals surface area contributed by atoms with Gasteiger partial charge < -0.3 is 14.6 Å². The molecule has 0 saturated heterocycles. The van der Waals surface area contributed by atoms with Gasteiger partial charge in [-0.05, 0) is 31.2 Å². The van der Waals surface area contributed by atoms with Crippen LogP contribution in [0.4, 0.5) is 0 Å². The Morgan fingerprint density at radius 1 is 1.20 bits per heavy atom. The molecule has 0 spiro atoms. The Morgan fingerprint density at radius 2 is 2.08 bits per heavy atom. The Labute approximate surface area is 146 Å². The molecule has 2 heterocycles. The van der Waals surface area contributed by atoms with Crippen LogP contribution in [0.5, 0.6) is 5.75 Å². The summed E-state index contributed by atoms with van der Waals surface area (Å²) < 4.78 is 7.69. The van der Waals surface area contributed by atoms with Crippen LogP contribution in [0.25, 0.3) is 11.4 Å². The van der Waals surface area contributed by atoms with Crippen molar-refractivity contribution in [2.45, 2.75) is 13.5 Å². The van der Waals surface area contributed by atoms with E-state index in [4.69, 9.17) is 4.74 Å². The fourth-order valence-corrected chi connectivity index (χ4v) is 2.56. The standard InChI is InChI=1S/C19H20N4O2/c1-2-25-17-8-4-3-7-16(17)18-21-10-12-23(18)13-11-22-19(24)15-6-5-9-20-14-15/h3-10,12,14H,2,11,13H2,1H3,(H,22,24). The summed E-state index contributed by atoms with van der Waals surface area (Å²) >= 11 is 0. The molecule has 0 radical (unpaired) electrons. The molecule has 0 fully saturated rings. The number of aromatic nitrogens is 3. The van der Waals surface area contributed by atoms with Crippen LogP contribution in [0.2, 0.25) is 0 Å². The van der Waals surface area contributed by atoms with Crippen LogP contribution in [0, 0.1) is 0 Å². The molecule has 0 bridgehead atoms. The lowest BCUT2D eigenvalue weighted by atomic mass is 10.2. The highest BCUT2D eigenvalue weighted by molar-refractivity contribution is 5.93. The molecule has 0 atom stereocenters. The number of ether oxygens (including phenoxy) is 1. The van der Waals surface area contributed by atoms with Crippen molar-refractivity contribution >= 4 is 5.91 Å². The van der Waals surface area contributed by atoms with Gasteiger partial charge in [0.05, 0.1) is 17.7 Å². The Hall–Kier alpha value is -3.15. The number of hydrogen-bond donors (Lipinski definition) is 1. The number of carbonyl (C=O) groups excluding carboxylic acids is 1. The fraction of sp³-hybridized carbons (Fsp3) is 0.211. The number of nitrogens with zero attached hydrogens (tertiary/aromatic N) is 3. The largest absolute Gasteiger partial charge is 0.493 e. The molecular weight excluding hydrogens is 316 g/mol. The monoisotopic (exact) mass is 336 g/mol. The predicted octanol–water partition coefficient (Wildman–Crippen LogP) is 2.77. The molecule has 25 heavy (non-hydrogen) atoms. The lowest BCUT2D eigenvalue weighted by Crippen LogP contribution is -2.27. The number of amides is 1. The van der Waals surface area contributed by atoms with Crippen LogP contribution in [0.15, 0.2) is 61.2 Å². The van der Waals surface area contributed by atoms with Gasteiger partial charge in [-0.3, -0.25) is 9.78 Å². The number of benzene rings is 1. The Bertz CT molecular complexity index is 830. The van der Waals surface area contributed by atoms with Crippen molar-refractivity contribution in [2.75, 3.05) is 13.2 Å². The third kappa shape index (κ3) is 4.03. The average molecular weight is 336 g/mol. The van der Waals surface area contributed by atoms with Gasteiger partial charge in [0.15, 0.2) is 0 Å². The van der Waals surface area contributed by atoms with Crippen molar-refractivity contribution in [1.29, 1.82) is 0 Å². The molecule has 3 rings (SSSR count). The highest BCUT2D eigenvalue weighted by Crippen LogP contribution is 2.28. The normalized spacial score (nSPS) is 10.4. The molecule has 6 heteroatoms. The molecule has 1 N–H and O–H groups in total. The number of nitrogens with one attached hydrogen (secondary N) is 1. The topological polar surface area (TPSA) is 69.0 Å². The minimum atomic E-state index is -0.135. The molecule has 1 aromatic carbocycles. The van der Waals surface area contributed by atoms with E-state index in [9.17, 15) is 4.79 Å². The smallest absolute Gasteiger partial charge is 0.252 e. The quantitative estimate of drug-likeness (QED) is 0.720. The lowest BCUT2D eigenvalue weighted by molar-refractivity contribution is 0.0952. The summed E-state index contributed by atoms with van der Waals surface area (Å²) in [5.74, 6) is 1.49. The maximum atomic E-state index is 12.1. The van der Waals surface area contributed by atoms with Gasteiger partial charge in [-0.15, -0.1) is 0 Å². The summed E-state index contributed by atoms with van der Waals surface area (Å²) in [5, 5.41) is 2.90. The number of imidazole rings is 1. The Morgan fingerprint density at radius 3 is 2.88 bits per heavy atom. The molecule has 0 unspecified atom stereocenters. The zero-order valence-corrected chi connectivity index (χ0v) is 14.1. The molecule has 6 nitrogen and oxygen atoms in total. The molecule has 1 amide bonds. The molecule has 0 saturated carbocycles. The first-order valence-electron chi connectivity index (χ1n) is 8.21. The third-order valence-electron chi connectivity index (χ3n) is 3.71. The Kier molecular flexibility index (Phi) is 5.41. The van der Waals surface area contributed by atoms with Crippen LogP contribution < -0.4 is 10.1 Å². The molecular formula is C19H20N4O2. The van der Waals surface area contributed by atoms with Crippen molar-refractivity contribution in [2.24, 2.45) is 0 Å². The Balaban J connectivity index is 1.68. The van der Waals surface area contributed by atoms with Crippen molar-refractivity contribution in [3.05, 3.63) is 66.7 Å². The second-order valence-corrected chi connectivity index (χ2v) is 5.37. The average Bonchev–Trinajstić information content (AvgIpc) is 3.11. The van der Waals surface area contributed by atoms with E-state index in [2.05, 4.69) is 15.3 Å². The van der Waals surface area contributed by atoms with Gasteiger partial charge in [-0.2, -0.15) is 0 Å². The summed E-state index contributed by atoms with van der Waals surface area (Å²) in [6.07, 6.45) is 6.84. The lowest BCUT2D eigenvalue weighted by Gasteiger charge is -2.12. The zero-order chi connectivity index (χ0) is 17.5. The first kappa shape index (κ1) is 16.7. The second kappa shape index (κ2) is 8.10. The van der Waals surface area contributed by atoms with Gasteiger partial charge in [0.25, 0.3) is 5.91 Å². The predicted molar refractivity (Wildman–Crippen MR) is 95.4 cm³/mol. The minimum absolute atomic E-state index is 0.135. The first-order valence-corrected chi connectivity index (χ1v) is 8.21. The minimum Gasteiger partial charge on any atom is -0.493 e. The summed E-state index contributed by atoms with van der Waals surface area (Å²) in [5.41, 5.74) is 1.49. The van der Waals surface area contributed by atoms with Crippen molar-refractivity contribution < 1.29 is 9.53 Å². The van der Waals surface area contributed by atoms with Gasteiger partial charge in [0.2, 0.25) is 0 Å². The van der Waals surface area contributed by atoms with Crippen molar-refractivity contribution in [3.8, 4) is 17.1 Å². The van der Waals surface area contributed by atoms with Gasteiger partial charge >= 0.3 is 0 Å². The number of carbonyl (C=O) groups is 1. The van der Waals surface area contributed by atoms with Crippen LogP contribution in [-0.4, -0.2) is 33.6 Å². The number of pyridine rings is 1. The van der Waals surface area contributed by atoms with E-state index in [1.807, 2.05) is 42.0 Å². The SMILES string of the molecule is CCOc1ccccc1-c1nccn1CCNC(=O)c1cccnc1. The maximum absolute atomic E-state index is 12.1. The van der Waals surface area contributed by atoms with Crippen LogP contribution >= 0.6 is 0 Å². The molecule has 3 aromatic rings. The van der Waals surface area contributed by atoms with E-state index in [1.54, 1.807) is 30.7 Å². The molecule has 0 aliphatic heterocycles. The van der Waals surface area contributed by atoms with Crippen molar-refractivity contribution in [3.63, 3.8) is 0 Å². The highest BCUT2D eigenvalue weighted by atomic mass is 16.5. The highest BCUT2D eigenvalue weighted by Gasteiger charge is 2.12. The van der Waals surface area contributed by atoms with Gasteiger partial charge in [-0.1, -0.05) is 12.1 Å². The summed E-state index contributed by atoms with van der Waals surface area (Å²) in [6, 6.07) is 11.3. The zero-order valence-electron chi connectivity index (χ0n) is 14.1. The van der Waals surface area contributed by atoms with E-state index >= 15 is 0 Å². The molecule has 0 aliphatic carbocycles. The van der Waals surface area contributed by atoms with Crippen LogP contribution in [0.1, 0.15) is 17.3 Å². The maximum Gasteiger partial charge on any atom is 0.252 e. The number of rotatable bonds is 7. The molecule has 0 aliphatic rings. The van der Waals surface area contributed by atoms with E-state index in [0.717, 1.165) is 17.1 Å². The van der Waals surface area contributed by atoms with Crippen molar-refractivity contribution in [1.82, 2.24) is 19.9 Å². The van der Waals surface area contributed by atoms with E-state index in [0.29, 0.717) is 25.3 Å². The number of hydrogen-bond acceptors (Lipinski definition) is 4. The van der Waals surface area contributed by atoms with E-state index < -0.39 is 0 Å². The number of para-hydroxylation sites is 1.